The number of carbonyl (C=O) groups is 2. The molecule has 1 aliphatic heterocycles. The number of ether oxygens (including phenoxy) is 1. The lowest BCUT2D eigenvalue weighted by molar-refractivity contribution is 0.0951. The minimum absolute atomic E-state index is 0.0224. The van der Waals surface area contributed by atoms with Crippen LogP contribution < -0.4 is 20.2 Å². The van der Waals surface area contributed by atoms with Crippen molar-refractivity contribution in [2.75, 3.05) is 20.2 Å². The molecule has 34 heavy (non-hydrogen) atoms. The molecule has 0 aliphatic carbocycles. The number of sulfonamides is 1. The second-order valence-electron chi connectivity index (χ2n) is 8.08. The van der Waals surface area contributed by atoms with Gasteiger partial charge in [0.05, 0.1) is 17.6 Å². The molecule has 1 heterocycles. The third-order valence-corrected chi connectivity index (χ3v) is 7.20. The van der Waals surface area contributed by atoms with Crippen molar-refractivity contribution in [1.29, 1.82) is 0 Å². The van der Waals surface area contributed by atoms with E-state index in [0.29, 0.717) is 35.8 Å². The van der Waals surface area contributed by atoms with Crippen LogP contribution in [0.4, 0.5) is 4.79 Å². The normalized spacial score (nSPS) is 16.5. The molecule has 0 aromatic heterocycles. The highest BCUT2D eigenvalue weighted by Crippen LogP contribution is 2.22. The number of rotatable bonds is 8. The van der Waals surface area contributed by atoms with E-state index in [1.54, 1.807) is 29.3 Å². The Bertz CT molecular complexity index is 1120. The first-order chi connectivity index (χ1) is 16.2. The number of halogens is 1. The summed E-state index contributed by atoms with van der Waals surface area (Å²) in [6.45, 7) is 3.00. The first-order valence-electron chi connectivity index (χ1n) is 11.0. The molecular weight excluding hydrogens is 480 g/mol. The van der Waals surface area contributed by atoms with Crippen molar-refractivity contribution in [3.8, 4) is 5.75 Å². The summed E-state index contributed by atoms with van der Waals surface area (Å²) in [6, 6.07) is 10.3. The van der Waals surface area contributed by atoms with Gasteiger partial charge < -0.3 is 10.1 Å². The van der Waals surface area contributed by atoms with Gasteiger partial charge in [0, 0.05) is 24.2 Å². The van der Waals surface area contributed by atoms with Crippen molar-refractivity contribution in [1.82, 2.24) is 20.5 Å². The van der Waals surface area contributed by atoms with Crippen LogP contribution in [0.2, 0.25) is 5.02 Å². The van der Waals surface area contributed by atoms with Gasteiger partial charge in [-0.2, -0.15) is 0 Å². The van der Waals surface area contributed by atoms with Crippen LogP contribution in [0.1, 0.15) is 42.1 Å². The van der Waals surface area contributed by atoms with E-state index in [1.165, 1.54) is 25.3 Å². The lowest BCUT2D eigenvalue weighted by Gasteiger charge is -2.33. The van der Waals surface area contributed by atoms with Crippen molar-refractivity contribution in [2.24, 2.45) is 0 Å². The molecule has 3 N–H and O–H groups in total. The number of urea groups is 1. The van der Waals surface area contributed by atoms with Gasteiger partial charge in [0.25, 0.3) is 15.9 Å². The molecule has 184 valence electrons. The molecular formula is C23H29ClN4O5S. The number of hydrazine groups is 1. The molecule has 11 heteroatoms. The van der Waals surface area contributed by atoms with Crippen LogP contribution in [0.25, 0.3) is 0 Å². The molecule has 1 saturated heterocycles. The van der Waals surface area contributed by atoms with E-state index in [4.69, 9.17) is 16.3 Å². The van der Waals surface area contributed by atoms with Crippen LogP contribution in [-0.4, -0.2) is 51.6 Å². The van der Waals surface area contributed by atoms with Crippen LogP contribution in [0.5, 0.6) is 5.75 Å². The first kappa shape index (κ1) is 25.8. The predicted molar refractivity (Wildman–Crippen MR) is 129 cm³/mol. The summed E-state index contributed by atoms with van der Waals surface area (Å²) in [5, 5.41) is 4.98. The fourth-order valence-electron chi connectivity index (χ4n) is 3.71. The Balaban J connectivity index is 1.52. The highest BCUT2D eigenvalue weighted by molar-refractivity contribution is 7.90. The maximum absolute atomic E-state index is 12.6. The van der Waals surface area contributed by atoms with Gasteiger partial charge in [-0.25, -0.2) is 22.9 Å². The molecule has 1 fully saturated rings. The summed E-state index contributed by atoms with van der Waals surface area (Å²) in [7, 11) is -2.54. The Morgan fingerprint density at radius 1 is 1.15 bits per heavy atom. The fourth-order valence-corrected chi connectivity index (χ4v) is 4.78. The monoisotopic (exact) mass is 508 g/mol. The van der Waals surface area contributed by atoms with Gasteiger partial charge in [0.1, 0.15) is 5.75 Å². The van der Waals surface area contributed by atoms with Gasteiger partial charge in [-0.15, -0.1) is 0 Å². The summed E-state index contributed by atoms with van der Waals surface area (Å²) in [6.07, 6.45) is 3.47. The molecule has 1 unspecified atom stereocenters. The molecule has 1 aliphatic rings. The zero-order chi connectivity index (χ0) is 24.7. The van der Waals surface area contributed by atoms with Crippen LogP contribution in [-0.2, 0) is 16.4 Å². The standard InChI is InChI=1S/C23H29ClN4O5S/c1-16-5-3-4-14-28(16)26-23(30)27-34(31,32)19-9-6-17(7-10-19)12-13-25-22(29)20-15-18(24)8-11-21(20)33-2/h6-11,15-16H,3-5,12-14H2,1-2H3,(H,25,29)(H2,26,27,30). The smallest absolute Gasteiger partial charge is 0.343 e. The third-order valence-electron chi connectivity index (χ3n) is 5.61. The van der Waals surface area contributed by atoms with E-state index in [0.717, 1.165) is 24.8 Å². The third kappa shape index (κ3) is 6.85. The van der Waals surface area contributed by atoms with Crippen LogP contribution in [0.3, 0.4) is 0 Å². The number of benzene rings is 2. The Labute approximate surface area is 204 Å². The van der Waals surface area contributed by atoms with E-state index >= 15 is 0 Å². The number of carbonyl (C=O) groups excluding carboxylic acids is 2. The van der Waals surface area contributed by atoms with Gasteiger partial charge in [0.15, 0.2) is 0 Å². The molecule has 2 aromatic carbocycles. The molecule has 9 nitrogen and oxygen atoms in total. The van der Waals surface area contributed by atoms with Crippen molar-refractivity contribution < 1.29 is 22.7 Å². The number of nitrogens with one attached hydrogen (secondary N) is 3. The van der Waals surface area contributed by atoms with Gasteiger partial charge >= 0.3 is 6.03 Å². The molecule has 0 spiro atoms. The van der Waals surface area contributed by atoms with E-state index in [-0.39, 0.29) is 16.8 Å². The van der Waals surface area contributed by atoms with E-state index in [1.807, 2.05) is 6.92 Å². The summed E-state index contributed by atoms with van der Waals surface area (Å²) < 4.78 is 32.4. The van der Waals surface area contributed by atoms with Gasteiger partial charge in [0.2, 0.25) is 0 Å². The number of hydrogen-bond acceptors (Lipinski definition) is 6. The average Bonchev–Trinajstić information content (AvgIpc) is 2.80. The first-order valence-corrected chi connectivity index (χ1v) is 12.9. The topological polar surface area (TPSA) is 117 Å². The Morgan fingerprint density at radius 2 is 1.88 bits per heavy atom. The van der Waals surface area contributed by atoms with E-state index in [2.05, 4.69) is 15.5 Å². The molecule has 2 aromatic rings. The SMILES string of the molecule is COc1ccc(Cl)cc1C(=O)NCCc1ccc(S(=O)(=O)NC(=O)NN2CCCCC2C)cc1. The molecule has 3 rings (SSSR count). The zero-order valence-corrected chi connectivity index (χ0v) is 20.7. The minimum atomic E-state index is -4.01. The maximum atomic E-state index is 12.6. The number of nitrogens with zero attached hydrogens (tertiary/aromatic N) is 1. The van der Waals surface area contributed by atoms with E-state index < -0.39 is 16.1 Å². The van der Waals surface area contributed by atoms with Crippen molar-refractivity contribution in [3.05, 3.63) is 58.6 Å². The quantitative estimate of drug-likeness (QED) is 0.504. The number of methoxy groups -OCH3 is 1. The summed E-state index contributed by atoms with van der Waals surface area (Å²) in [4.78, 5) is 24.6. The van der Waals surface area contributed by atoms with Crippen molar-refractivity contribution in [3.63, 3.8) is 0 Å². The number of hydrogen-bond donors (Lipinski definition) is 3. The summed E-state index contributed by atoms with van der Waals surface area (Å²) in [5.41, 5.74) is 3.77. The molecule has 0 bridgehead atoms. The van der Waals surface area contributed by atoms with Gasteiger partial charge in [-0.1, -0.05) is 30.2 Å². The van der Waals surface area contributed by atoms with Gasteiger partial charge in [-0.05, 0) is 62.1 Å². The Hall–Kier alpha value is -2.82. The molecule has 3 amide bonds. The van der Waals surface area contributed by atoms with Crippen molar-refractivity contribution >= 4 is 33.6 Å². The Kier molecular flexibility index (Phi) is 8.76. The highest BCUT2D eigenvalue weighted by atomic mass is 35.5. The molecule has 0 saturated carbocycles. The van der Waals surface area contributed by atoms with Crippen molar-refractivity contribution in [2.45, 2.75) is 43.5 Å². The zero-order valence-electron chi connectivity index (χ0n) is 19.1. The maximum Gasteiger partial charge on any atom is 0.343 e. The van der Waals surface area contributed by atoms with Crippen LogP contribution >= 0.6 is 11.6 Å². The fraction of sp³-hybridized carbons (Fsp3) is 0.391. The molecule has 1 atom stereocenters. The number of piperidine rings is 1. The lowest BCUT2D eigenvalue weighted by atomic mass is 10.1. The molecule has 0 radical (unpaired) electrons. The Morgan fingerprint density at radius 3 is 2.56 bits per heavy atom. The largest absolute Gasteiger partial charge is 0.496 e. The summed E-state index contributed by atoms with van der Waals surface area (Å²) in [5.74, 6) is 0.0968. The van der Waals surface area contributed by atoms with Crippen LogP contribution in [0.15, 0.2) is 47.4 Å². The lowest BCUT2D eigenvalue weighted by Crippen LogP contribution is -2.53. The predicted octanol–water partition coefficient (Wildman–Crippen LogP) is 3.10. The average molecular weight is 509 g/mol. The minimum Gasteiger partial charge on any atom is -0.496 e. The van der Waals surface area contributed by atoms with Gasteiger partial charge in [-0.3, -0.25) is 10.2 Å². The number of amides is 3. The van der Waals surface area contributed by atoms with Crippen LogP contribution in [0, 0.1) is 0 Å². The van der Waals surface area contributed by atoms with E-state index in [9.17, 15) is 18.0 Å². The second-order valence-corrected chi connectivity index (χ2v) is 10.2. The highest BCUT2D eigenvalue weighted by Gasteiger charge is 2.23. The second kappa shape index (κ2) is 11.5. The summed E-state index contributed by atoms with van der Waals surface area (Å²) >= 11 is 5.97.